The van der Waals surface area contributed by atoms with Crippen LogP contribution >= 0.6 is 12.2 Å². The summed E-state index contributed by atoms with van der Waals surface area (Å²) in [6.07, 6.45) is -1.11. The molecule has 76 valence electrons. The van der Waals surface area contributed by atoms with Crippen molar-refractivity contribution in [2.24, 2.45) is 5.73 Å². The van der Waals surface area contributed by atoms with Gasteiger partial charge in [0, 0.05) is 12.3 Å². The van der Waals surface area contributed by atoms with E-state index in [9.17, 15) is 8.78 Å². The fourth-order valence-corrected chi connectivity index (χ4v) is 0.907. The van der Waals surface area contributed by atoms with Crippen molar-refractivity contribution >= 4 is 17.2 Å². The molecule has 0 spiro atoms. The van der Waals surface area contributed by atoms with E-state index < -0.39 is 13.0 Å². The van der Waals surface area contributed by atoms with E-state index in [2.05, 4.69) is 17.2 Å². The molecule has 0 fully saturated rings. The van der Waals surface area contributed by atoms with Crippen LogP contribution in [0.25, 0.3) is 0 Å². The van der Waals surface area contributed by atoms with E-state index in [0.717, 1.165) is 0 Å². The number of hydrogen-bond acceptors (Lipinski definition) is 3. The van der Waals surface area contributed by atoms with Crippen LogP contribution in [0.15, 0.2) is 18.3 Å². The minimum atomic E-state index is -2.50. The number of nitrogens with zero attached hydrogens (tertiary/aromatic N) is 1. The van der Waals surface area contributed by atoms with Gasteiger partial charge >= 0.3 is 0 Å². The summed E-state index contributed by atoms with van der Waals surface area (Å²) in [6, 6.07) is 2.88. The zero-order valence-corrected chi connectivity index (χ0v) is 7.93. The van der Waals surface area contributed by atoms with Gasteiger partial charge in [0.1, 0.15) is 23.0 Å². The van der Waals surface area contributed by atoms with Crippen LogP contribution in [0.1, 0.15) is 5.69 Å². The lowest BCUT2D eigenvalue weighted by molar-refractivity contribution is 0.0818. The highest BCUT2D eigenvalue weighted by Gasteiger charge is 2.05. The van der Waals surface area contributed by atoms with E-state index >= 15 is 0 Å². The molecule has 2 N–H and O–H groups in total. The molecule has 0 atom stereocenters. The Kier molecular flexibility index (Phi) is 3.70. The predicted octanol–water partition coefficient (Wildman–Crippen LogP) is 1.36. The van der Waals surface area contributed by atoms with Gasteiger partial charge in [0.2, 0.25) is 0 Å². The van der Waals surface area contributed by atoms with Gasteiger partial charge in [-0.3, -0.25) is 4.98 Å². The van der Waals surface area contributed by atoms with Gasteiger partial charge in [-0.25, -0.2) is 8.78 Å². The molecule has 3 nitrogen and oxygen atoms in total. The number of hydrogen-bond donors (Lipinski definition) is 1. The lowest BCUT2D eigenvalue weighted by Crippen LogP contribution is -2.12. The third-order valence-corrected chi connectivity index (χ3v) is 1.57. The molecule has 0 saturated carbocycles. The molecule has 6 heteroatoms. The minimum Gasteiger partial charge on any atom is -0.488 e. The zero-order chi connectivity index (χ0) is 10.6. The summed E-state index contributed by atoms with van der Waals surface area (Å²) in [5, 5.41) is 0. The molecule has 14 heavy (non-hydrogen) atoms. The molecule has 0 aromatic carbocycles. The summed E-state index contributed by atoms with van der Waals surface area (Å²) in [5.74, 6) is 0.281. The molecule has 1 aromatic rings. The minimum absolute atomic E-state index is 0.104. The first kappa shape index (κ1) is 10.8. The molecule has 0 aliphatic carbocycles. The number of thiocarbonyl (C=S) groups is 1. The average Bonchev–Trinajstić information content (AvgIpc) is 2.15. The van der Waals surface area contributed by atoms with E-state index in [1.54, 1.807) is 0 Å². The Morgan fingerprint density at radius 3 is 2.93 bits per heavy atom. The first-order chi connectivity index (χ1) is 6.59. The normalized spacial score (nSPS) is 10.2. The number of rotatable bonds is 4. The second kappa shape index (κ2) is 4.80. The van der Waals surface area contributed by atoms with Crippen LogP contribution in [-0.4, -0.2) is 23.0 Å². The predicted molar refractivity (Wildman–Crippen MR) is 51.6 cm³/mol. The van der Waals surface area contributed by atoms with E-state index in [1.807, 2.05) is 0 Å². The molecule has 0 radical (unpaired) electrons. The van der Waals surface area contributed by atoms with Crippen LogP contribution in [0.4, 0.5) is 8.78 Å². The van der Waals surface area contributed by atoms with Crippen molar-refractivity contribution in [3.8, 4) is 5.75 Å². The number of pyridine rings is 1. The van der Waals surface area contributed by atoms with Crippen molar-refractivity contribution < 1.29 is 13.5 Å². The maximum Gasteiger partial charge on any atom is 0.272 e. The topological polar surface area (TPSA) is 48.1 Å². The fourth-order valence-electron chi connectivity index (χ4n) is 0.795. The average molecular weight is 218 g/mol. The van der Waals surface area contributed by atoms with Gasteiger partial charge in [0.25, 0.3) is 6.43 Å². The summed E-state index contributed by atoms with van der Waals surface area (Å²) >= 11 is 4.67. The van der Waals surface area contributed by atoms with Crippen LogP contribution in [0.3, 0.4) is 0 Å². The molecule has 0 amide bonds. The molecule has 1 heterocycles. The Bertz CT molecular complexity index is 333. The molecule has 0 aliphatic heterocycles. The second-order valence-electron chi connectivity index (χ2n) is 2.44. The Morgan fingerprint density at radius 2 is 2.36 bits per heavy atom. The Morgan fingerprint density at radius 1 is 1.64 bits per heavy atom. The molecular formula is C8H8F2N2OS. The summed E-state index contributed by atoms with van der Waals surface area (Å²) in [5.41, 5.74) is 5.66. The number of ether oxygens (including phenoxy) is 1. The van der Waals surface area contributed by atoms with Crippen LogP contribution in [0.2, 0.25) is 0 Å². The summed E-state index contributed by atoms with van der Waals surface area (Å²) in [7, 11) is 0. The van der Waals surface area contributed by atoms with Crippen molar-refractivity contribution in [2.75, 3.05) is 6.61 Å². The Balaban J connectivity index is 2.69. The largest absolute Gasteiger partial charge is 0.488 e. The first-order valence-corrected chi connectivity index (χ1v) is 4.17. The highest BCUT2D eigenvalue weighted by atomic mass is 32.1. The van der Waals surface area contributed by atoms with E-state index in [1.165, 1.54) is 18.3 Å². The monoisotopic (exact) mass is 218 g/mol. The standard InChI is InChI=1S/C8H8F2N2OS/c9-7(10)4-13-5-1-2-12-6(3-5)8(11)14/h1-3,7H,4H2,(H2,11,14). The summed E-state index contributed by atoms with van der Waals surface area (Å²) < 4.78 is 28.3. The first-order valence-electron chi connectivity index (χ1n) is 3.76. The van der Waals surface area contributed by atoms with Crippen LogP contribution in [-0.2, 0) is 0 Å². The van der Waals surface area contributed by atoms with Gasteiger partial charge in [0.05, 0.1) is 0 Å². The third-order valence-electron chi connectivity index (χ3n) is 1.36. The molecule has 0 saturated heterocycles. The van der Waals surface area contributed by atoms with E-state index in [-0.39, 0.29) is 10.7 Å². The smallest absolute Gasteiger partial charge is 0.272 e. The van der Waals surface area contributed by atoms with Crippen molar-refractivity contribution in [3.05, 3.63) is 24.0 Å². The van der Waals surface area contributed by atoms with Gasteiger partial charge in [-0.15, -0.1) is 0 Å². The maximum atomic E-state index is 11.8. The van der Waals surface area contributed by atoms with Gasteiger partial charge in [0.15, 0.2) is 0 Å². The van der Waals surface area contributed by atoms with Gasteiger partial charge in [-0.2, -0.15) is 0 Å². The fraction of sp³-hybridized carbons (Fsp3) is 0.250. The number of halogens is 2. The van der Waals surface area contributed by atoms with Crippen LogP contribution < -0.4 is 10.5 Å². The number of nitrogens with two attached hydrogens (primary N) is 1. The Labute approximate surface area is 84.9 Å². The van der Waals surface area contributed by atoms with Gasteiger partial charge in [-0.1, -0.05) is 12.2 Å². The zero-order valence-electron chi connectivity index (χ0n) is 7.11. The number of alkyl halides is 2. The third kappa shape index (κ3) is 3.21. The second-order valence-corrected chi connectivity index (χ2v) is 2.88. The summed E-state index contributed by atoms with van der Waals surface area (Å²) in [6.45, 7) is -0.652. The lowest BCUT2D eigenvalue weighted by Gasteiger charge is -2.05. The van der Waals surface area contributed by atoms with Crippen molar-refractivity contribution in [3.63, 3.8) is 0 Å². The van der Waals surface area contributed by atoms with E-state index in [4.69, 9.17) is 10.5 Å². The van der Waals surface area contributed by atoms with Crippen LogP contribution in [0, 0.1) is 0 Å². The van der Waals surface area contributed by atoms with E-state index in [0.29, 0.717) is 5.69 Å². The lowest BCUT2D eigenvalue weighted by atomic mass is 10.3. The highest BCUT2D eigenvalue weighted by Crippen LogP contribution is 2.11. The molecule has 1 rings (SSSR count). The van der Waals surface area contributed by atoms with Crippen molar-refractivity contribution in [1.29, 1.82) is 0 Å². The molecule has 0 bridgehead atoms. The molecule has 1 aromatic heterocycles. The Hall–Kier alpha value is -1.30. The molecular weight excluding hydrogens is 210 g/mol. The maximum absolute atomic E-state index is 11.8. The van der Waals surface area contributed by atoms with Crippen LogP contribution in [0.5, 0.6) is 5.75 Å². The van der Waals surface area contributed by atoms with Crippen molar-refractivity contribution in [2.45, 2.75) is 6.43 Å². The summed E-state index contributed by atoms with van der Waals surface area (Å²) in [4.78, 5) is 3.94. The highest BCUT2D eigenvalue weighted by molar-refractivity contribution is 7.80. The van der Waals surface area contributed by atoms with Gasteiger partial charge in [-0.05, 0) is 6.07 Å². The number of aromatic nitrogens is 1. The quantitative estimate of drug-likeness (QED) is 0.775. The molecule has 0 aliphatic rings. The van der Waals surface area contributed by atoms with Gasteiger partial charge < -0.3 is 10.5 Å². The molecule has 0 unspecified atom stereocenters. The van der Waals surface area contributed by atoms with Crippen molar-refractivity contribution in [1.82, 2.24) is 4.98 Å². The SMILES string of the molecule is NC(=S)c1cc(OCC(F)F)ccn1.